The molecule has 5 rings (SSSR count). The van der Waals surface area contributed by atoms with E-state index in [0.29, 0.717) is 11.9 Å². The second-order valence-corrected chi connectivity index (χ2v) is 8.44. The molecule has 168 valence electrons. The second kappa shape index (κ2) is 8.55. The molecule has 0 amide bonds. The van der Waals surface area contributed by atoms with Gasteiger partial charge in [0.25, 0.3) is 0 Å². The largest absolute Gasteiger partial charge is 0.378 e. The van der Waals surface area contributed by atoms with Crippen molar-refractivity contribution in [2.24, 2.45) is 0 Å². The van der Waals surface area contributed by atoms with Crippen molar-refractivity contribution in [3.05, 3.63) is 53.4 Å². The number of aryl methyl sites for hydroxylation is 1. The molecule has 0 spiro atoms. The molecule has 3 aromatic rings. The van der Waals surface area contributed by atoms with Gasteiger partial charge in [0.15, 0.2) is 17.5 Å². The SMILES string of the molecule is Cc1nnc(N[C@H](C)c2cccc(F)c2F)c2cc(N3CCN4CCOC[C@@H]4C3)ncc12. The Morgan fingerprint density at radius 3 is 2.91 bits per heavy atom. The molecule has 2 atom stereocenters. The molecular weight excluding hydrogens is 414 g/mol. The Balaban J connectivity index is 1.46. The van der Waals surface area contributed by atoms with Crippen molar-refractivity contribution in [3.63, 3.8) is 0 Å². The molecule has 0 unspecified atom stereocenters. The van der Waals surface area contributed by atoms with Crippen LogP contribution in [0.5, 0.6) is 0 Å². The number of ether oxygens (including phenoxy) is 1. The Kier molecular flexibility index (Phi) is 5.60. The van der Waals surface area contributed by atoms with Crippen molar-refractivity contribution < 1.29 is 13.5 Å². The molecule has 0 aliphatic carbocycles. The maximum atomic E-state index is 14.3. The number of rotatable bonds is 4. The summed E-state index contributed by atoms with van der Waals surface area (Å²) in [6.07, 6.45) is 1.82. The quantitative estimate of drug-likeness (QED) is 0.668. The van der Waals surface area contributed by atoms with Gasteiger partial charge in [-0.2, -0.15) is 5.10 Å². The Morgan fingerprint density at radius 1 is 1.16 bits per heavy atom. The van der Waals surface area contributed by atoms with Gasteiger partial charge in [-0.05, 0) is 26.0 Å². The van der Waals surface area contributed by atoms with Gasteiger partial charge in [-0.3, -0.25) is 4.90 Å². The molecule has 1 aromatic carbocycles. The van der Waals surface area contributed by atoms with Crippen LogP contribution in [0.1, 0.15) is 24.2 Å². The monoisotopic (exact) mass is 440 g/mol. The highest BCUT2D eigenvalue weighted by Gasteiger charge is 2.30. The number of benzene rings is 1. The van der Waals surface area contributed by atoms with Crippen LogP contribution >= 0.6 is 0 Å². The summed E-state index contributed by atoms with van der Waals surface area (Å²) < 4.78 is 33.7. The number of pyridine rings is 1. The second-order valence-electron chi connectivity index (χ2n) is 8.44. The number of nitrogens with zero attached hydrogens (tertiary/aromatic N) is 5. The van der Waals surface area contributed by atoms with Crippen LogP contribution < -0.4 is 10.2 Å². The smallest absolute Gasteiger partial charge is 0.164 e. The summed E-state index contributed by atoms with van der Waals surface area (Å²) >= 11 is 0. The maximum absolute atomic E-state index is 14.3. The molecule has 7 nitrogen and oxygen atoms in total. The lowest BCUT2D eigenvalue weighted by atomic mass is 10.1. The van der Waals surface area contributed by atoms with Crippen LogP contribution in [0.4, 0.5) is 20.4 Å². The van der Waals surface area contributed by atoms with Crippen molar-refractivity contribution in [2.75, 3.05) is 49.6 Å². The first-order valence-electron chi connectivity index (χ1n) is 10.9. The first-order valence-corrected chi connectivity index (χ1v) is 10.9. The van der Waals surface area contributed by atoms with Gasteiger partial charge in [0.05, 0.1) is 31.0 Å². The predicted octanol–water partition coefficient (Wildman–Crippen LogP) is 3.31. The molecule has 2 aromatic heterocycles. The fourth-order valence-electron chi connectivity index (χ4n) is 4.53. The zero-order valence-corrected chi connectivity index (χ0v) is 18.2. The summed E-state index contributed by atoms with van der Waals surface area (Å²) in [5.41, 5.74) is 1.00. The van der Waals surface area contributed by atoms with Gasteiger partial charge in [0.2, 0.25) is 0 Å². The summed E-state index contributed by atoms with van der Waals surface area (Å²) in [6, 6.07) is 6.06. The van der Waals surface area contributed by atoms with Crippen LogP contribution in [-0.2, 0) is 4.74 Å². The number of nitrogens with one attached hydrogen (secondary N) is 1. The fourth-order valence-corrected chi connectivity index (χ4v) is 4.53. The Hall–Kier alpha value is -2.91. The third kappa shape index (κ3) is 3.86. The number of piperazine rings is 1. The minimum Gasteiger partial charge on any atom is -0.378 e. The van der Waals surface area contributed by atoms with Gasteiger partial charge >= 0.3 is 0 Å². The number of fused-ring (bicyclic) bond motifs is 2. The number of hydrogen-bond donors (Lipinski definition) is 1. The fraction of sp³-hybridized carbons (Fsp3) is 0.435. The van der Waals surface area contributed by atoms with Gasteiger partial charge in [-0.25, -0.2) is 13.8 Å². The van der Waals surface area contributed by atoms with Gasteiger partial charge in [0.1, 0.15) is 5.82 Å². The van der Waals surface area contributed by atoms with E-state index in [-0.39, 0.29) is 5.56 Å². The average Bonchev–Trinajstić information content (AvgIpc) is 2.82. The van der Waals surface area contributed by atoms with Gasteiger partial charge in [-0.15, -0.1) is 5.10 Å². The Labute approximate surface area is 185 Å². The lowest BCUT2D eigenvalue weighted by Gasteiger charge is -2.44. The topological polar surface area (TPSA) is 66.4 Å². The van der Waals surface area contributed by atoms with Crippen LogP contribution in [0.15, 0.2) is 30.5 Å². The first-order chi connectivity index (χ1) is 15.5. The van der Waals surface area contributed by atoms with E-state index in [4.69, 9.17) is 9.72 Å². The molecule has 2 saturated heterocycles. The van der Waals surface area contributed by atoms with E-state index in [2.05, 4.69) is 25.3 Å². The lowest BCUT2D eigenvalue weighted by Crippen LogP contribution is -2.58. The predicted molar refractivity (Wildman–Crippen MR) is 119 cm³/mol. The Bertz CT molecular complexity index is 1140. The van der Waals surface area contributed by atoms with Crippen molar-refractivity contribution in [1.82, 2.24) is 20.1 Å². The summed E-state index contributed by atoms with van der Waals surface area (Å²) in [5.74, 6) is -0.340. The molecule has 1 N–H and O–H groups in total. The number of anilines is 2. The molecule has 0 bridgehead atoms. The van der Waals surface area contributed by atoms with Gasteiger partial charge in [-0.1, -0.05) is 12.1 Å². The molecule has 9 heteroatoms. The summed E-state index contributed by atoms with van der Waals surface area (Å²) in [5, 5.41) is 13.5. The minimum atomic E-state index is -0.867. The highest BCUT2D eigenvalue weighted by atomic mass is 19.2. The zero-order valence-electron chi connectivity index (χ0n) is 18.2. The normalized spacial score (nSPS) is 20.2. The standard InChI is InChI=1S/C23H26F2N6O/c1-14(17-4-3-5-20(24)22(17)25)27-23-18-10-21(26-11-19(18)15(2)28-29-23)31-7-6-30-8-9-32-13-16(30)12-31/h3-5,10-11,14,16H,6-9,12-13H2,1-2H3,(H,27,29)/t14-,16+/m1/s1. The molecule has 2 aliphatic rings. The van der Waals surface area contributed by atoms with Crippen LogP contribution in [0.2, 0.25) is 0 Å². The maximum Gasteiger partial charge on any atom is 0.164 e. The van der Waals surface area contributed by atoms with Crippen molar-refractivity contribution >= 4 is 22.4 Å². The Morgan fingerprint density at radius 2 is 2.03 bits per heavy atom. The molecule has 0 saturated carbocycles. The van der Waals surface area contributed by atoms with E-state index in [1.54, 1.807) is 13.0 Å². The van der Waals surface area contributed by atoms with Crippen LogP contribution in [0.3, 0.4) is 0 Å². The van der Waals surface area contributed by atoms with Crippen LogP contribution in [0.25, 0.3) is 10.8 Å². The third-order valence-electron chi connectivity index (χ3n) is 6.40. The average molecular weight is 440 g/mol. The van der Waals surface area contributed by atoms with E-state index in [0.717, 1.165) is 67.7 Å². The molecule has 2 fully saturated rings. The van der Waals surface area contributed by atoms with Crippen LogP contribution in [0, 0.1) is 18.6 Å². The number of morpholine rings is 1. The van der Waals surface area contributed by atoms with Crippen molar-refractivity contribution in [1.29, 1.82) is 0 Å². The first kappa shape index (κ1) is 21.0. The highest BCUT2D eigenvalue weighted by molar-refractivity contribution is 5.94. The van der Waals surface area contributed by atoms with Crippen LogP contribution in [-0.4, -0.2) is 65.5 Å². The highest BCUT2D eigenvalue weighted by Crippen LogP contribution is 2.30. The molecule has 4 heterocycles. The number of hydrogen-bond acceptors (Lipinski definition) is 7. The zero-order chi connectivity index (χ0) is 22.2. The summed E-state index contributed by atoms with van der Waals surface area (Å²) in [6.45, 7) is 8.87. The van der Waals surface area contributed by atoms with E-state index in [9.17, 15) is 8.78 Å². The van der Waals surface area contributed by atoms with Crippen molar-refractivity contribution in [3.8, 4) is 0 Å². The third-order valence-corrected chi connectivity index (χ3v) is 6.40. The minimum absolute atomic E-state index is 0.239. The molecule has 2 aliphatic heterocycles. The lowest BCUT2D eigenvalue weighted by molar-refractivity contribution is -0.0117. The molecule has 0 radical (unpaired) electrons. The molecule has 32 heavy (non-hydrogen) atoms. The summed E-state index contributed by atoms with van der Waals surface area (Å²) in [4.78, 5) is 9.43. The van der Waals surface area contributed by atoms with E-state index in [1.165, 1.54) is 6.07 Å². The molecular formula is C23H26F2N6O. The van der Waals surface area contributed by atoms with Gasteiger partial charge in [0, 0.05) is 48.7 Å². The van der Waals surface area contributed by atoms with Crippen molar-refractivity contribution in [2.45, 2.75) is 25.9 Å². The van der Waals surface area contributed by atoms with E-state index >= 15 is 0 Å². The number of halogens is 2. The number of aromatic nitrogens is 3. The van der Waals surface area contributed by atoms with Gasteiger partial charge < -0.3 is 15.0 Å². The van der Waals surface area contributed by atoms with E-state index in [1.807, 2.05) is 19.2 Å². The summed E-state index contributed by atoms with van der Waals surface area (Å²) in [7, 11) is 0. The van der Waals surface area contributed by atoms with E-state index < -0.39 is 17.7 Å².